The molecule has 80 valence electrons. The Hall–Kier alpha value is -0.0900. The largest absolute Gasteiger partial charge is 0.320 e. The van der Waals surface area contributed by atoms with E-state index in [4.69, 9.17) is 0 Å². The minimum atomic E-state index is -2.81. The van der Waals surface area contributed by atoms with Crippen LogP contribution in [-0.2, 0) is 9.84 Å². The maximum absolute atomic E-state index is 11.4. The molecule has 1 atom stereocenters. The first-order chi connectivity index (χ1) is 6.02. The molecular formula is C9H21NO2S. The standard InChI is InChI=1S/C9H21NO2S/c1-4-9(2)8-13(11,12)7-5-6-10-3/h9-10H,4-8H2,1-3H3. The molecule has 0 aromatic rings. The summed E-state index contributed by atoms with van der Waals surface area (Å²) in [6.07, 6.45) is 1.65. The van der Waals surface area contributed by atoms with Crippen LogP contribution < -0.4 is 5.32 Å². The van der Waals surface area contributed by atoms with E-state index < -0.39 is 9.84 Å². The molecule has 0 amide bonds. The lowest BCUT2D eigenvalue weighted by Gasteiger charge is -2.08. The summed E-state index contributed by atoms with van der Waals surface area (Å²) in [4.78, 5) is 0. The van der Waals surface area contributed by atoms with E-state index in [1.165, 1.54) is 0 Å². The molecule has 0 bridgehead atoms. The maximum Gasteiger partial charge on any atom is 0.150 e. The van der Waals surface area contributed by atoms with Crippen molar-refractivity contribution in [1.29, 1.82) is 0 Å². The highest BCUT2D eigenvalue weighted by Crippen LogP contribution is 2.06. The van der Waals surface area contributed by atoms with Crippen molar-refractivity contribution in [2.24, 2.45) is 5.92 Å². The Morgan fingerprint density at radius 1 is 1.38 bits per heavy atom. The summed E-state index contributed by atoms with van der Waals surface area (Å²) < 4.78 is 22.9. The number of hydrogen-bond acceptors (Lipinski definition) is 3. The predicted octanol–water partition coefficient (Wildman–Crippen LogP) is 1.06. The molecular weight excluding hydrogens is 186 g/mol. The number of nitrogens with one attached hydrogen (secondary N) is 1. The number of hydrogen-bond donors (Lipinski definition) is 1. The Morgan fingerprint density at radius 2 is 2.00 bits per heavy atom. The van der Waals surface area contributed by atoms with Gasteiger partial charge >= 0.3 is 0 Å². The van der Waals surface area contributed by atoms with Gasteiger partial charge in [-0.15, -0.1) is 0 Å². The molecule has 0 aliphatic carbocycles. The first-order valence-electron chi connectivity index (χ1n) is 4.87. The molecule has 0 fully saturated rings. The van der Waals surface area contributed by atoms with Gasteiger partial charge in [0.05, 0.1) is 11.5 Å². The second kappa shape index (κ2) is 6.38. The molecule has 0 aromatic carbocycles. The summed E-state index contributed by atoms with van der Waals surface area (Å²) in [5, 5.41) is 2.94. The van der Waals surface area contributed by atoms with E-state index in [2.05, 4.69) is 5.32 Å². The minimum absolute atomic E-state index is 0.291. The van der Waals surface area contributed by atoms with E-state index in [1.54, 1.807) is 0 Å². The first kappa shape index (κ1) is 12.9. The third kappa shape index (κ3) is 7.02. The van der Waals surface area contributed by atoms with Crippen molar-refractivity contribution >= 4 is 9.84 Å². The van der Waals surface area contributed by atoms with Crippen molar-refractivity contribution in [3.8, 4) is 0 Å². The molecule has 0 saturated heterocycles. The fraction of sp³-hybridized carbons (Fsp3) is 1.00. The number of rotatable bonds is 7. The molecule has 3 nitrogen and oxygen atoms in total. The Morgan fingerprint density at radius 3 is 2.46 bits per heavy atom. The molecule has 13 heavy (non-hydrogen) atoms. The Balaban J connectivity index is 3.81. The summed E-state index contributed by atoms with van der Waals surface area (Å²) in [5.41, 5.74) is 0. The van der Waals surface area contributed by atoms with Crippen LogP contribution in [0.25, 0.3) is 0 Å². The fourth-order valence-electron chi connectivity index (χ4n) is 1.10. The fourth-order valence-corrected chi connectivity index (χ4v) is 2.96. The van der Waals surface area contributed by atoms with E-state index in [0.29, 0.717) is 17.4 Å². The lowest BCUT2D eigenvalue weighted by atomic mass is 10.2. The van der Waals surface area contributed by atoms with Crippen molar-refractivity contribution in [2.75, 3.05) is 25.1 Å². The zero-order valence-corrected chi connectivity index (χ0v) is 9.65. The van der Waals surface area contributed by atoms with Crippen molar-refractivity contribution in [3.63, 3.8) is 0 Å². The molecule has 1 unspecified atom stereocenters. The van der Waals surface area contributed by atoms with Gasteiger partial charge in [0.1, 0.15) is 0 Å². The van der Waals surface area contributed by atoms with Crippen LogP contribution in [0.4, 0.5) is 0 Å². The zero-order valence-electron chi connectivity index (χ0n) is 8.84. The molecule has 4 heteroatoms. The third-order valence-electron chi connectivity index (χ3n) is 2.12. The van der Waals surface area contributed by atoms with Crippen LogP contribution in [0, 0.1) is 5.92 Å². The number of sulfone groups is 1. The van der Waals surface area contributed by atoms with E-state index in [9.17, 15) is 8.42 Å². The lowest BCUT2D eigenvalue weighted by molar-refractivity contribution is 0.561. The van der Waals surface area contributed by atoms with Crippen molar-refractivity contribution < 1.29 is 8.42 Å². The van der Waals surface area contributed by atoms with E-state index in [1.807, 2.05) is 20.9 Å². The summed E-state index contributed by atoms with van der Waals surface area (Å²) in [6.45, 7) is 4.78. The summed E-state index contributed by atoms with van der Waals surface area (Å²) >= 11 is 0. The first-order valence-corrected chi connectivity index (χ1v) is 6.69. The van der Waals surface area contributed by atoms with E-state index in [0.717, 1.165) is 19.4 Å². The van der Waals surface area contributed by atoms with Gasteiger partial charge < -0.3 is 5.32 Å². The van der Waals surface area contributed by atoms with Gasteiger partial charge in [-0.1, -0.05) is 20.3 Å². The average molecular weight is 207 g/mol. The third-order valence-corrected chi connectivity index (χ3v) is 4.11. The van der Waals surface area contributed by atoms with Gasteiger partial charge in [-0.2, -0.15) is 0 Å². The van der Waals surface area contributed by atoms with Crippen LogP contribution in [-0.4, -0.2) is 33.5 Å². The maximum atomic E-state index is 11.4. The molecule has 0 aliphatic heterocycles. The van der Waals surface area contributed by atoms with Crippen LogP contribution in [0.5, 0.6) is 0 Å². The summed E-state index contributed by atoms with van der Waals surface area (Å²) in [7, 11) is -0.971. The quantitative estimate of drug-likeness (QED) is 0.635. The molecule has 0 radical (unpaired) electrons. The van der Waals surface area contributed by atoms with Gasteiger partial charge in [0.2, 0.25) is 0 Å². The van der Waals surface area contributed by atoms with Crippen molar-refractivity contribution in [3.05, 3.63) is 0 Å². The molecule has 0 aromatic heterocycles. The predicted molar refractivity (Wildman–Crippen MR) is 56.7 cm³/mol. The second-order valence-corrected chi connectivity index (χ2v) is 5.81. The molecule has 1 N–H and O–H groups in total. The van der Waals surface area contributed by atoms with E-state index >= 15 is 0 Å². The molecule has 0 rings (SSSR count). The Kier molecular flexibility index (Phi) is 6.33. The van der Waals surface area contributed by atoms with Gasteiger partial charge in [0, 0.05) is 0 Å². The van der Waals surface area contributed by atoms with Gasteiger partial charge in [0.25, 0.3) is 0 Å². The molecule has 0 saturated carbocycles. The highest BCUT2D eigenvalue weighted by molar-refractivity contribution is 7.91. The van der Waals surface area contributed by atoms with Crippen LogP contribution in [0.2, 0.25) is 0 Å². The lowest BCUT2D eigenvalue weighted by Crippen LogP contribution is -2.19. The normalized spacial score (nSPS) is 14.4. The van der Waals surface area contributed by atoms with Crippen molar-refractivity contribution in [2.45, 2.75) is 26.7 Å². The van der Waals surface area contributed by atoms with Gasteiger partial charge in [-0.25, -0.2) is 8.42 Å². The van der Waals surface area contributed by atoms with Crippen LogP contribution in [0.1, 0.15) is 26.7 Å². The van der Waals surface area contributed by atoms with Crippen LogP contribution >= 0.6 is 0 Å². The molecule has 0 aliphatic rings. The highest BCUT2D eigenvalue weighted by atomic mass is 32.2. The zero-order chi connectivity index (χ0) is 10.3. The average Bonchev–Trinajstić information content (AvgIpc) is 2.03. The monoisotopic (exact) mass is 207 g/mol. The SMILES string of the molecule is CCC(C)CS(=O)(=O)CCCNC. The van der Waals surface area contributed by atoms with Gasteiger partial charge in [-0.05, 0) is 25.9 Å². The molecule has 0 heterocycles. The summed E-state index contributed by atoms with van der Waals surface area (Å²) in [5.74, 6) is 0.949. The van der Waals surface area contributed by atoms with E-state index in [-0.39, 0.29) is 0 Å². The Labute approximate surface area is 81.8 Å². The molecule has 0 spiro atoms. The highest BCUT2D eigenvalue weighted by Gasteiger charge is 2.13. The van der Waals surface area contributed by atoms with Crippen LogP contribution in [0.3, 0.4) is 0 Å². The smallest absolute Gasteiger partial charge is 0.150 e. The van der Waals surface area contributed by atoms with Crippen molar-refractivity contribution in [1.82, 2.24) is 5.32 Å². The topological polar surface area (TPSA) is 46.2 Å². The minimum Gasteiger partial charge on any atom is -0.320 e. The second-order valence-electron chi connectivity index (χ2n) is 3.58. The van der Waals surface area contributed by atoms with Gasteiger partial charge in [0.15, 0.2) is 9.84 Å². The Bertz CT molecular complexity index is 212. The van der Waals surface area contributed by atoms with Gasteiger partial charge in [-0.3, -0.25) is 0 Å². The van der Waals surface area contributed by atoms with Crippen LogP contribution in [0.15, 0.2) is 0 Å². The summed E-state index contributed by atoms with van der Waals surface area (Å²) in [6, 6.07) is 0.